The molecule has 0 atom stereocenters. The van der Waals surface area contributed by atoms with E-state index in [1.807, 2.05) is 6.92 Å². The van der Waals surface area contributed by atoms with Crippen LogP contribution in [-0.2, 0) is 0 Å². The van der Waals surface area contributed by atoms with Crippen molar-refractivity contribution in [2.75, 3.05) is 13.1 Å². The molecule has 1 N–H and O–H groups in total. The third-order valence-corrected chi connectivity index (χ3v) is 3.38. The Kier molecular flexibility index (Phi) is 2.95. The van der Waals surface area contributed by atoms with Gasteiger partial charge in [0.15, 0.2) is 0 Å². The van der Waals surface area contributed by atoms with Crippen LogP contribution in [-0.4, -0.2) is 39.8 Å². The molecule has 2 rings (SSSR count). The lowest BCUT2D eigenvalue weighted by molar-refractivity contribution is -0.00207. The van der Waals surface area contributed by atoms with Gasteiger partial charge in [0, 0.05) is 13.1 Å². The van der Waals surface area contributed by atoms with Gasteiger partial charge in [0.1, 0.15) is 11.3 Å². The third-order valence-electron chi connectivity index (χ3n) is 3.38. The van der Waals surface area contributed by atoms with Gasteiger partial charge in [-0.1, -0.05) is 5.16 Å². The summed E-state index contributed by atoms with van der Waals surface area (Å²) in [4.78, 5) is 14.0. The second-order valence-corrected chi connectivity index (χ2v) is 4.99. The molecular weight excluding hydrogens is 220 g/mol. The Labute approximate surface area is 100 Å². The summed E-state index contributed by atoms with van der Waals surface area (Å²) in [5, 5.41) is 13.6. The largest absolute Gasteiger partial charge is 0.390 e. The quantitative estimate of drug-likeness (QED) is 0.800. The highest BCUT2D eigenvalue weighted by Gasteiger charge is 2.31. The Balaban J connectivity index is 2.12. The van der Waals surface area contributed by atoms with Gasteiger partial charge in [-0.3, -0.25) is 4.79 Å². The van der Waals surface area contributed by atoms with Crippen LogP contribution >= 0.6 is 0 Å². The van der Waals surface area contributed by atoms with Crippen molar-refractivity contribution in [1.82, 2.24) is 10.1 Å². The second kappa shape index (κ2) is 4.14. The van der Waals surface area contributed by atoms with E-state index in [9.17, 15) is 9.90 Å². The van der Waals surface area contributed by atoms with E-state index in [1.165, 1.54) is 0 Å². The Hall–Kier alpha value is -1.36. The van der Waals surface area contributed by atoms with Crippen molar-refractivity contribution in [2.45, 2.75) is 39.2 Å². The van der Waals surface area contributed by atoms with Crippen LogP contribution in [0.2, 0.25) is 0 Å². The first kappa shape index (κ1) is 12.1. The molecule has 0 aromatic carbocycles. The van der Waals surface area contributed by atoms with Gasteiger partial charge in [-0.2, -0.15) is 0 Å². The van der Waals surface area contributed by atoms with E-state index < -0.39 is 5.60 Å². The number of hydrogen-bond acceptors (Lipinski definition) is 4. The number of rotatable bonds is 1. The lowest BCUT2D eigenvalue weighted by atomic mass is 9.93. The smallest absolute Gasteiger partial charge is 0.259 e. The topological polar surface area (TPSA) is 66.6 Å². The fourth-order valence-corrected chi connectivity index (χ4v) is 2.14. The molecule has 0 unspecified atom stereocenters. The highest BCUT2D eigenvalue weighted by Crippen LogP contribution is 2.24. The predicted octanol–water partition coefficient (Wildman–Crippen LogP) is 1.28. The molecule has 0 bridgehead atoms. The minimum Gasteiger partial charge on any atom is -0.390 e. The summed E-state index contributed by atoms with van der Waals surface area (Å²) in [6, 6.07) is 0. The third kappa shape index (κ3) is 2.34. The first-order chi connectivity index (χ1) is 7.91. The van der Waals surface area contributed by atoms with Gasteiger partial charge in [0.25, 0.3) is 5.91 Å². The number of nitrogens with zero attached hydrogens (tertiary/aromatic N) is 2. The van der Waals surface area contributed by atoms with Gasteiger partial charge >= 0.3 is 0 Å². The molecule has 0 saturated carbocycles. The lowest BCUT2D eigenvalue weighted by Crippen LogP contribution is -2.45. The SMILES string of the molecule is Cc1noc(C)c1C(=O)N1CCC(C)(O)CC1. The van der Waals surface area contributed by atoms with E-state index in [0.29, 0.717) is 42.9 Å². The molecule has 0 aliphatic carbocycles. The van der Waals surface area contributed by atoms with Crippen LogP contribution < -0.4 is 0 Å². The minimum absolute atomic E-state index is 0.0447. The number of carbonyl (C=O) groups is 1. The van der Waals surface area contributed by atoms with Crippen LogP contribution in [0.3, 0.4) is 0 Å². The van der Waals surface area contributed by atoms with Gasteiger partial charge in [0.2, 0.25) is 0 Å². The molecule has 0 radical (unpaired) electrons. The number of aryl methyl sites for hydroxylation is 2. The monoisotopic (exact) mass is 238 g/mol. The maximum atomic E-state index is 12.3. The van der Waals surface area contributed by atoms with Crippen LogP contribution in [0.1, 0.15) is 41.6 Å². The molecule has 94 valence electrons. The summed E-state index contributed by atoms with van der Waals surface area (Å²) in [6.45, 7) is 6.48. The van der Waals surface area contributed by atoms with Crippen LogP contribution in [0.5, 0.6) is 0 Å². The molecule has 1 aliphatic heterocycles. The normalized spacial score (nSPS) is 19.4. The van der Waals surface area contributed by atoms with Gasteiger partial charge in [-0.05, 0) is 33.6 Å². The van der Waals surface area contributed by atoms with Crippen molar-refractivity contribution in [3.63, 3.8) is 0 Å². The maximum Gasteiger partial charge on any atom is 0.259 e. The molecule has 2 heterocycles. The Morgan fingerprint density at radius 1 is 1.41 bits per heavy atom. The van der Waals surface area contributed by atoms with E-state index >= 15 is 0 Å². The lowest BCUT2D eigenvalue weighted by Gasteiger charge is -2.35. The molecule has 1 fully saturated rings. The standard InChI is InChI=1S/C12H18N2O3/c1-8-10(9(2)17-13-8)11(15)14-6-4-12(3,16)5-7-14/h16H,4-7H2,1-3H3. The van der Waals surface area contributed by atoms with Crippen LogP contribution in [0, 0.1) is 13.8 Å². The van der Waals surface area contributed by atoms with Gasteiger partial charge in [-0.15, -0.1) is 0 Å². The number of likely N-dealkylation sites (tertiary alicyclic amines) is 1. The average Bonchev–Trinajstić information content (AvgIpc) is 2.58. The molecule has 5 heteroatoms. The summed E-state index contributed by atoms with van der Waals surface area (Å²) >= 11 is 0. The molecule has 5 nitrogen and oxygen atoms in total. The number of piperidine rings is 1. The van der Waals surface area contributed by atoms with Gasteiger partial charge in [-0.25, -0.2) is 0 Å². The van der Waals surface area contributed by atoms with Crippen molar-refractivity contribution in [3.8, 4) is 0 Å². The van der Waals surface area contributed by atoms with Crippen molar-refractivity contribution in [2.24, 2.45) is 0 Å². The Morgan fingerprint density at radius 3 is 2.47 bits per heavy atom. The van der Waals surface area contributed by atoms with Crippen LogP contribution in [0.4, 0.5) is 0 Å². The molecule has 1 aliphatic rings. The molecular formula is C12H18N2O3. The summed E-state index contributed by atoms with van der Waals surface area (Å²) in [7, 11) is 0. The fraction of sp³-hybridized carbons (Fsp3) is 0.667. The minimum atomic E-state index is -0.643. The van der Waals surface area contributed by atoms with Crippen LogP contribution in [0.15, 0.2) is 4.52 Å². The van der Waals surface area contributed by atoms with E-state index in [4.69, 9.17) is 4.52 Å². The van der Waals surface area contributed by atoms with Gasteiger partial charge in [0.05, 0.1) is 11.3 Å². The highest BCUT2D eigenvalue weighted by atomic mass is 16.5. The zero-order valence-corrected chi connectivity index (χ0v) is 10.5. The molecule has 1 amide bonds. The first-order valence-corrected chi connectivity index (χ1v) is 5.85. The number of aromatic nitrogens is 1. The predicted molar refractivity (Wildman–Crippen MR) is 61.7 cm³/mol. The average molecular weight is 238 g/mol. The van der Waals surface area contributed by atoms with Crippen molar-refractivity contribution < 1.29 is 14.4 Å². The van der Waals surface area contributed by atoms with E-state index in [1.54, 1.807) is 18.7 Å². The van der Waals surface area contributed by atoms with Crippen molar-refractivity contribution >= 4 is 5.91 Å². The zero-order valence-electron chi connectivity index (χ0n) is 10.5. The molecule has 1 saturated heterocycles. The van der Waals surface area contributed by atoms with Crippen molar-refractivity contribution in [3.05, 3.63) is 17.0 Å². The maximum absolute atomic E-state index is 12.3. The summed E-state index contributed by atoms with van der Waals surface area (Å²) in [5.41, 5.74) is 0.548. The summed E-state index contributed by atoms with van der Waals surface area (Å²) in [5.74, 6) is 0.515. The molecule has 1 aromatic rings. The van der Waals surface area contributed by atoms with E-state index in [-0.39, 0.29) is 5.91 Å². The zero-order chi connectivity index (χ0) is 12.6. The van der Waals surface area contributed by atoms with E-state index in [2.05, 4.69) is 5.16 Å². The Bertz CT molecular complexity index is 407. The van der Waals surface area contributed by atoms with E-state index in [0.717, 1.165) is 0 Å². The van der Waals surface area contributed by atoms with Crippen LogP contribution in [0.25, 0.3) is 0 Å². The summed E-state index contributed by atoms with van der Waals surface area (Å²) in [6.07, 6.45) is 1.23. The number of hydrogen-bond donors (Lipinski definition) is 1. The molecule has 17 heavy (non-hydrogen) atoms. The Morgan fingerprint density at radius 2 is 2.00 bits per heavy atom. The first-order valence-electron chi connectivity index (χ1n) is 5.85. The molecule has 1 aromatic heterocycles. The highest BCUT2D eigenvalue weighted by molar-refractivity contribution is 5.96. The van der Waals surface area contributed by atoms with Gasteiger partial charge < -0.3 is 14.5 Å². The number of carbonyl (C=O) groups excluding carboxylic acids is 1. The number of amides is 1. The molecule has 0 spiro atoms. The fourth-order valence-electron chi connectivity index (χ4n) is 2.14. The van der Waals surface area contributed by atoms with Crippen molar-refractivity contribution in [1.29, 1.82) is 0 Å². The number of aliphatic hydroxyl groups is 1. The summed E-state index contributed by atoms with van der Waals surface area (Å²) < 4.78 is 5.00. The second-order valence-electron chi connectivity index (χ2n) is 4.99.